The molecule has 1 spiro atoms. The van der Waals surface area contributed by atoms with Gasteiger partial charge in [0.25, 0.3) is 10.0 Å². The van der Waals surface area contributed by atoms with Crippen LogP contribution in [0.1, 0.15) is 6.42 Å². The first-order chi connectivity index (χ1) is 9.95. The van der Waals surface area contributed by atoms with Gasteiger partial charge in [0.05, 0.1) is 12.9 Å². The molecule has 0 aromatic carbocycles. The summed E-state index contributed by atoms with van der Waals surface area (Å²) in [5.41, 5.74) is 0.135. The topological polar surface area (TPSA) is 67.7 Å². The maximum Gasteiger partial charge on any atom is 0.262 e. The van der Waals surface area contributed by atoms with Crippen molar-refractivity contribution in [3.05, 3.63) is 12.5 Å². The van der Waals surface area contributed by atoms with Crippen LogP contribution in [0.3, 0.4) is 0 Å². The molecule has 0 aliphatic carbocycles. The second-order valence-corrected chi connectivity index (χ2v) is 8.05. The third-order valence-corrected chi connectivity index (χ3v) is 6.12. The van der Waals surface area contributed by atoms with Crippen LogP contribution < -0.4 is 0 Å². The predicted molar refractivity (Wildman–Crippen MR) is 77.3 cm³/mol. The first-order valence-electron chi connectivity index (χ1n) is 7.15. The number of nitrogens with zero attached hydrogens (tertiary/aromatic N) is 4. The Kier molecular flexibility index (Phi) is 3.81. The molecule has 7 nitrogen and oxygen atoms in total. The first-order valence-corrected chi connectivity index (χ1v) is 8.59. The summed E-state index contributed by atoms with van der Waals surface area (Å²) < 4.78 is 33.2. The quantitative estimate of drug-likeness (QED) is 0.750. The van der Waals surface area contributed by atoms with Gasteiger partial charge in [0.2, 0.25) is 0 Å². The molecule has 0 bridgehead atoms. The van der Waals surface area contributed by atoms with Gasteiger partial charge in [0, 0.05) is 51.9 Å². The zero-order valence-corrected chi connectivity index (χ0v) is 13.3. The highest BCUT2D eigenvalue weighted by atomic mass is 32.2. The molecule has 2 aliphatic rings. The summed E-state index contributed by atoms with van der Waals surface area (Å²) in [5.74, 6) is 0. The molecule has 3 rings (SSSR count). The van der Waals surface area contributed by atoms with Gasteiger partial charge in [-0.05, 0) is 13.0 Å². The molecule has 2 saturated heterocycles. The summed E-state index contributed by atoms with van der Waals surface area (Å²) in [5, 5.41) is 0.147. The second-order valence-electron chi connectivity index (χ2n) is 6.17. The SMILES string of the molecule is COCCN1CCC2(C1)CN(S(=O)(=O)c1cn(C)cn1)C2. The Morgan fingerprint density at radius 1 is 1.38 bits per heavy atom. The maximum atomic E-state index is 12.4. The van der Waals surface area contributed by atoms with E-state index in [9.17, 15) is 8.42 Å². The molecule has 1 aromatic heterocycles. The summed E-state index contributed by atoms with van der Waals surface area (Å²) in [6.07, 6.45) is 4.13. The van der Waals surface area contributed by atoms with Crippen LogP contribution in [0.5, 0.6) is 0 Å². The Bertz CT molecular complexity index is 607. The van der Waals surface area contributed by atoms with Crippen molar-refractivity contribution >= 4 is 10.0 Å². The van der Waals surface area contributed by atoms with E-state index in [1.807, 2.05) is 0 Å². The summed E-state index contributed by atoms with van der Waals surface area (Å²) in [4.78, 5) is 6.32. The molecule has 0 N–H and O–H groups in total. The van der Waals surface area contributed by atoms with Crippen LogP contribution in [0.15, 0.2) is 17.6 Å². The minimum atomic E-state index is -3.42. The van der Waals surface area contributed by atoms with E-state index in [1.165, 1.54) is 6.33 Å². The molecule has 0 unspecified atom stereocenters. The van der Waals surface area contributed by atoms with E-state index < -0.39 is 10.0 Å². The van der Waals surface area contributed by atoms with Crippen molar-refractivity contribution in [2.24, 2.45) is 12.5 Å². The number of ether oxygens (including phenoxy) is 1. The minimum Gasteiger partial charge on any atom is -0.383 e. The smallest absolute Gasteiger partial charge is 0.262 e. The molecule has 0 saturated carbocycles. The first kappa shape index (κ1) is 15.0. The molecule has 21 heavy (non-hydrogen) atoms. The Morgan fingerprint density at radius 3 is 2.76 bits per heavy atom. The third-order valence-electron chi connectivity index (χ3n) is 4.44. The molecule has 0 amide bonds. The van der Waals surface area contributed by atoms with Crippen molar-refractivity contribution in [1.82, 2.24) is 18.8 Å². The van der Waals surface area contributed by atoms with Crippen LogP contribution in [0.4, 0.5) is 0 Å². The van der Waals surface area contributed by atoms with Crippen LogP contribution in [-0.2, 0) is 21.8 Å². The lowest BCUT2D eigenvalue weighted by molar-refractivity contribution is 0.0724. The van der Waals surface area contributed by atoms with Gasteiger partial charge < -0.3 is 14.2 Å². The lowest BCUT2D eigenvalue weighted by Gasteiger charge is -2.46. The lowest BCUT2D eigenvalue weighted by Crippen LogP contribution is -2.59. The number of hydrogen-bond acceptors (Lipinski definition) is 5. The van der Waals surface area contributed by atoms with E-state index in [1.54, 1.807) is 29.2 Å². The molecule has 1 aromatic rings. The number of imidazole rings is 1. The maximum absolute atomic E-state index is 12.4. The Morgan fingerprint density at radius 2 is 2.14 bits per heavy atom. The van der Waals surface area contributed by atoms with E-state index >= 15 is 0 Å². The number of aromatic nitrogens is 2. The number of likely N-dealkylation sites (tertiary alicyclic amines) is 1. The van der Waals surface area contributed by atoms with Crippen molar-refractivity contribution in [3.63, 3.8) is 0 Å². The molecule has 118 valence electrons. The summed E-state index contributed by atoms with van der Waals surface area (Å²) in [7, 11) is 0.0557. The van der Waals surface area contributed by atoms with Gasteiger partial charge in [-0.2, -0.15) is 4.31 Å². The van der Waals surface area contributed by atoms with E-state index in [2.05, 4.69) is 9.88 Å². The summed E-state index contributed by atoms with van der Waals surface area (Å²) >= 11 is 0. The van der Waals surface area contributed by atoms with E-state index in [0.29, 0.717) is 13.1 Å². The Labute approximate surface area is 125 Å². The molecule has 3 heterocycles. The van der Waals surface area contributed by atoms with E-state index in [4.69, 9.17) is 4.74 Å². The highest BCUT2D eigenvalue weighted by Gasteiger charge is 2.51. The van der Waals surface area contributed by atoms with E-state index in [0.717, 1.165) is 32.7 Å². The molecule has 2 aliphatic heterocycles. The monoisotopic (exact) mass is 314 g/mol. The van der Waals surface area contributed by atoms with Gasteiger partial charge in [-0.3, -0.25) is 0 Å². The molecular weight excluding hydrogens is 292 g/mol. The number of rotatable bonds is 5. The largest absolute Gasteiger partial charge is 0.383 e. The molecule has 8 heteroatoms. The summed E-state index contributed by atoms with van der Waals surface area (Å²) in [6, 6.07) is 0. The van der Waals surface area contributed by atoms with Gasteiger partial charge in [0.15, 0.2) is 5.03 Å². The van der Waals surface area contributed by atoms with Gasteiger partial charge >= 0.3 is 0 Å². The highest BCUT2D eigenvalue weighted by Crippen LogP contribution is 2.41. The normalized spacial score (nSPS) is 22.8. The molecule has 0 radical (unpaired) electrons. The van der Waals surface area contributed by atoms with Crippen LogP contribution in [0, 0.1) is 5.41 Å². The highest BCUT2D eigenvalue weighted by molar-refractivity contribution is 7.89. The van der Waals surface area contributed by atoms with Gasteiger partial charge in [-0.15, -0.1) is 0 Å². The van der Waals surface area contributed by atoms with Crippen molar-refractivity contribution in [2.75, 3.05) is 46.4 Å². The van der Waals surface area contributed by atoms with Crippen molar-refractivity contribution < 1.29 is 13.2 Å². The second kappa shape index (κ2) is 5.35. The minimum absolute atomic E-state index is 0.135. The standard InChI is InChI=1S/C13H22N4O3S/c1-15-7-12(14-11-15)21(18,19)17-9-13(10-17)3-4-16(8-13)5-6-20-2/h7,11H,3-6,8-10H2,1-2H3. The average Bonchev–Trinajstić information content (AvgIpc) is 3.01. The van der Waals surface area contributed by atoms with Gasteiger partial charge in [0.1, 0.15) is 0 Å². The van der Waals surface area contributed by atoms with Crippen LogP contribution >= 0.6 is 0 Å². The molecule has 0 atom stereocenters. The lowest BCUT2D eigenvalue weighted by atomic mass is 9.81. The third kappa shape index (κ3) is 2.73. The number of sulfonamides is 1. The van der Waals surface area contributed by atoms with Crippen LogP contribution in [0.2, 0.25) is 0 Å². The number of aryl methyl sites for hydroxylation is 1. The van der Waals surface area contributed by atoms with Crippen molar-refractivity contribution in [1.29, 1.82) is 0 Å². The zero-order valence-electron chi connectivity index (χ0n) is 12.5. The van der Waals surface area contributed by atoms with Gasteiger partial charge in [-0.25, -0.2) is 13.4 Å². The summed E-state index contributed by atoms with van der Waals surface area (Å²) in [6.45, 7) is 4.85. The Balaban J connectivity index is 1.61. The fraction of sp³-hybridized carbons (Fsp3) is 0.769. The molecule has 2 fully saturated rings. The van der Waals surface area contributed by atoms with Gasteiger partial charge in [-0.1, -0.05) is 0 Å². The molecular formula is C13H22N4O3S. The predicted octanol–water partition coefficient (Wildman–Crippen LogP) is -0.237. The number of methoxy groups -OCH3 is 1. The Hall–Kier alpha value is -0.960. The fourth-order valence-corrected chi connectivity index (χ4v) is 4.86. The average molecular weight is 314 g/mol. The number of hydrogen-bond donors (Lipinski definition) is 0. The van der Waals surface area contributed by atoms with Crippen molar-refractivity contribution in [3.8, 4) is 0 Å². The zero-order chi connectivity index (χ0) is 15.1. The van der Waals surface area contributed by atoms with Crippen molar-refractivity contribution in [2.45, 2.75) is 11.4 Å². The van der Waals surface area contributed by atoms with Crippen LogP contribution in [0.25, 0.3) is 0 Å². The fourth-order valence-electron chi connectivity index (χ4n) is 3.22. The van der Waals surface area contributed by atoms with Crippen LogP contribution in [-0.4, -0.2) is 73.6 Å². The van der Waals surface area contributed by atoms with E-state index in [-0.39, 0.29) is 10.4 Å².